The van der Waals surface area contributed by atoms with Gasteiger partial charge >= 0.3 is 5.97 Å². The zero-order valence-electron chi connectivity index (χ0n) is 43.3. The van der Waals surface area contributed by atoms with Gasteiger partial charge in [0.2, 0.25) is 0 Å². The summed E-state index contributed by atoms with van der Waals surface area (Å²) in [5.74, 6) is 58.9. The van der Waals surface area contributed by atoms with E-state index >= 15 is 0 Å². The van der Waals surface area contributed by atoms with Crippen molar-refractivity contribution in [1.82, 2.24) is 10.1 Å². The molecule has 2 fully saturated rings. The number of piperidine rings is 2. The van der Waals surface area contributed by atoms with E-state index in [1.807, 2.05) is 32.8 Å². The number of carbonyl (C=O) groups excluding carboxylic acids is 1. The van der Waals surface area contributed by atoms with Gasteiger partial charge in [-0.3, -0.25) is 4.84 Å². The van der Waals surface area contributed by atoms with E-state index in [2.05, 4.69) is 189 Å². The summed E-state index contributed by atoms with van der Waals surface area (Å²) in [6.07, 6.45) is 17.6. The molecule has 0 radical (unpaired) electrons. The van der Waals surface area contributed by atoms with Crippen LogP contribution >= 0.6 is 0 Å². The number of unbranched alkanes of at least 4 members (excludes halogenated alkanes) is 9. The highest BCUT2D eigenvalue weighted by Gasteiger charge is 2.49. The molecule has 1 atom stereocenters. The van der Waals surface area contributed by atoms with Crippen LogP contribution in [0.15, 0.2) is 0 Å². The monoisotopic (exact) mass is 929 g/mol. The van der Waals surface area contributed by atoms with Crippen molar-refractivity contribution >= 4 is 5.97 Å². The second-order valence-corrected chi connectivity index (χ2v) is 19.3. The minimum absolute atomic E-state index is 0.0241. The molecule has 2 saturated heterocycles. The van der Waals surface area contributed by atoms with Gasteiger partial charge in [-0.25, -0.2) is 4.79 Å². The van der Waals surface area contributed by atoms with E-state index in [1.54, 1.807) is 6.92 Å². The first kappa shape index (κ1) is 58.9. The maximum Gasteiger partial charge on any atom is 0.335 e. The molecule has 0 bridgehead atoms. The van der Waals surface area contributed by atoms with Gasteiger partial charge in [0.25, 0.3) is 0 Å². The Hall–Kier alpha value is -6.21. The predicted octanol–water partition coefficient (Wildman–Crippen LogP) is 9.53. The third kappa shape index (κ3) is 25.1. The fourth-order valence-corrected chi connectivity index (χ4v) is 8.62. The minimum Gasteiger partial charge on any atom is -0.460 e. The smallest absolute Gasteiger partial charge is 0.335 e. The Kier molecular flexibility index (Phi) is 28.4. The van der Waals surface area contributed by atoms with Gasteiger partial charge in [-0.15, -0.1) is 5.06 Å². The van der Waals surface area contributed by atoms with Crippen molar-refractivity contribution in [1.29, 1.82) is 0 Å². The molecule has 0 aliphatic carbocycles. The number of nitrogens with zero attached hydrogens (tertiary/aromatic N) is 2. The lowest BCUT2D eigenvalue weighted by atomic mass is 9.80. The Morgan fingerprint density at radius 1 is 0.493 bits per heavy atom. The summed E-state index contributed by atoms with van der Waals surface area (Å²) >= 11 is 0. The predicted molar refractivity (Wildman–Crippen MR) is 276 cm³/mol. The molecule has 8 heteroatoms. The number of carbonyl (C=O) groups is 1. The summed E-state index contributed by atoms with van der Waals surface area (Å²) in [7, 11) is 0. The summed E-state index contributed by atoms with van der Waals surface area (Å²) in [6, 6.07) is 0. The molecule has 0 amide bonds. The van der Waals surface area contributed by atoms with E-state index in [1.165, 1.54) is 38.5 Å². The molecule has 0 aromatic rings. The summed E-state index contributed by atoms with van der Waals surface area (Å²) < 4.78 is 18.9. The third-order valence-corrected chi connectivity index (χ3v) is 11.1. The molecule has 0 spiro atoms. The van der Waals surface area contributed by atoms with Crippen molar-refractivity contribution in [2.75, 3.05) is 13.4 Å². The van der Waals surface area contributed by atoms with Crippen molar-refractivity contribution in [2.24, 2.45) is 0 Å². The molecule has 2 heterocycles. The van der Waals surface area contributed by atoms with Crippen LogP contribution in [-0.4, -0.2) is 70.0 Å². The minimum atomic E-state index is -0.719. The van der Waals surface area contributed by atoms with Crippen LogP contribution in [-0.2, 0) is 28.7 Å². The van der Waals surface area contributed by atoms with E-state index in [0.717, 1.165) is 51.6 Å². The van der Waals surface area contributed by atoms with Crippen molar-refractivity contribution in [3.05, 3.63) is 0 Å². The average Bonchev–Trinajstić information content (AvgIpc) is 3.27. The Morgan fingerprint density at radius 2 is 0.870 bits per heavy atom. The van der Waals surface area contributed by atoms with Crippen molar-refractivity contribution in [3.63, 3.8) is 0 Å². The lowest BCUT2D eigenvalue weighted by Gasteiger charge is -2.53. The van der Waals surface area contributed by atoms with Crippen LogP contribution < -0.4 is 0 Å². The number of rotatable bonds is 21. The van der Waals surface area contributed by atoms with Gasteiger partial charge in [0.15, 0.2) is 12.2 Å². The molecule has 69 heavy (non-hydrogen) atoms. The zero-order valence-corrected chi connectivity index (χ0v) is 43.3. The Labute approximate surface area is 418 Å². The molecular formula is C61H72N2O6. The van der Waals surface area contributed by atoms with Crippen molar-refractivity contribution in [3.8, 4) is 142 Å². The number of hydroxylamine groups is 4. The lowest BCUT2D eigenvalue weighted by Crippen LogP contribution is -2.62. The van der Waals surface area contributed by atoms with Gasteiger partial charge in [0, 0.05) is 107 Å². The highest BCUT2D eigenvalue weighted by atomic mass is 16.7. The van der Waals surface area contributed by atoms with Gasteiger partial charge in [-0.1, -0.05) is 84.0 Å². The van der Waals surface area contributed by atoms with Crippen LogP contribution in [0.1, 0.15) is 179 Å². The zero-order chi connectivity index (χ0) is 50.7. The Bertz CT molecular complexity index is 2440. The SMILES string of the molecule is CC#CC#CC#CC#CC#CC#CC#CC#CC#CC#CC#CC#CON1C(C)(C)CC(OC(=O)C(CCCCCCC)OCOC2CC(C)(C)N(OCCCCCCCC)C(C)(C)C2)CC1(C)C. The van der Waals surface area contributed by atoms with Gasteiger partial charge in [0.05, 0.1) is 23.8 Å². The second kappa shape index (κ2) is 33.3. The topological polar surface area (TPSA) is 69.7 Å². The quantitative estimate of drug-likeness (QED) is 0.0489. The maximum absolute atomic E-state index is 13.9. The molecule has 362 valence electrons. The summed E-state index contributed by atoms with van der Waals surface area (Å²) in [5.41, 5.74) is -1.50. The molecule has 2 aliphatic rings. The molecule has 1 unspecified atom stereocenters. The molecule has 0 aromatic carbocycles. The largest absolute Gasteiger partial charge is 0.460 e. The number of hydrogen-bond acceptors (Lipinski definition) is 8. The van der Waals surface area contributed by atoms with Gasteiger partial charge in [-0.05, 0) is 135 Å². The van der Waals surface area contributed by atoms with E-state index in [9.17, 15) is 4.79 Å². The van der Waals surface area contributed by atoms with Crippen LogP contribution in [0.3, 0.4) is 0 Å². The van der Waals surface area contributed by atoms with Gasteiger partial charge in [0.1, 0.15) is 12.9 Å². The Morgan fingerprint density at radius 3 is 1.32 bits per heavy atom. The summed E-state index contributed by atoms with van der Waals surface area (Å²) in [6.45, 7) is 23.9. The molecule has 0 aromatic heterocycles. The fraction of sp³-hybridized carbons (Fsp3) is 0.590. The molecular weight excluding hydrogens is 857 g/mol. The summed E-state index contributed by atoms with van der Waals surface area (Å²) in [5, 5.41) is 4.05. The van der Waals surface area contributed by atoms with E-state index in [4.69, 9.17) is 23.9 Å². The van der Waals surface area contributed by atoms with E-state index < -0.39 is 17.2 Å². The fourth-order valence-electron chi connectivity index (χ4n) is 8.62. The molecule has 8 nitrogen and oxygen atoms in total. The van der Waals surface area contributed by atoms with Crippen LogP contribution in [0.2, 0.25) is 0 Å². The van der Waals surface area contributed by atoms with Crippen LogP contribution in [0, 0.1) is 142 Å². The second-order valence-electron chi connectivity index (χ2n) is 19.3. The number of ether oxygens (including phenoxy) is 3. The molecule has 2 rings (SSSR count). The van der Waals surface area contributed by atoms with Gasteiger partial charge in [-0.2, -0.15) is 5.06 Å². The van der Waals surface area contributed by atoms with Crippen LogP contribution in [0.5, 0.6) is 0 Å². The third-order valence-electron chi connectivity index (χ3n) is 11.1. The van der Waals surface area contributed by atoms with E-state index in [0.29, 0.717) is 19.3 Å². The standard InChI is InChI=1S/C61H72N2O6/c1-12-15-18-21-23-24-25-26-27-28-29-30-31-32-33-34-35-36-37-38-39-42-45-48-68-63-60(8,9)51-55(52-61(63,10)11)69-57(64)56(46-43-40-20-17-14-3)66-53-65-54-49-58(4,5)62(59(6,7)50-54)67-47-44-41-22-19-16-13-2/h54-56H,13-14,16-17,19-20,22,40-41,43-44,46-47,49-53H2,1-11H3. The normalized spacial score (nSPS) is 16.2. The van der Waals surface area contributed by atoms with Gasteiger partial charge < -0.3 is 19.0 Å². The molecule has 0 saturated carbocycles. The van der Waals surface area contributed by atoms with E-state index in [-0.39, 0.29) is 36.0 Å². The average molecular weight is 929 g/mol. The van der Waals surface area contributed by atoms with Crippen LogP contribution in [0.4, 0.5) is 0 Å². The highest BCUT2D eigenvalue weighted by Crippen LogP contribution is 2.41. The first-order valence-corrected chi connectivity index (χ1v) is 24.4. The molecule has 2 aliphatic heterocycles. The summed E-state index contributed by atoms with van der Waals surface area (Å²) in [4.78, 5) is 26.3. The van der Waals surface area contributed by atoms with Crippen molar-refractivity contribution in [2.45, 2.75) is 219 Å². The van der Waals surface area contributed by atoms with Crippen LogP contribution in [0.25, 0.3) is 0 Å². The first-order valence-electron chi connectivity index (χ1n) is 24.4. The number of esters is 1. The maximum atomic E-state index is 13.9. The lowest BCUT2D eigenvalue weighted by molar-refractivity contribution is -0.299. The molecule has 0 N–H and O–H groups in total. The Balaban J connectivity index is 1.94. The first-order chi connectivity index (χ1) is 33.1. The highest BCUT2D eigenvalue weighted by molar-refractivity contribution is 5.74. The number of hydrogen-bond donors (Lipinski definition) is 0. The van der Waals surface area contributed by atoms with Crippen molar-refractivity contribution < 1.29 is 28.7 Å².